The molecule has 33 heavy (non-hydrogen) atoms. The molecule has 3 heteroatoms. The van der Waals surface area contributed by atoms with E-state index in [2.05, 4.69) is 55.4 Å². The van der Waals surface area contributed by atoms with Crippen LogP contribution >= 0.6 is 0 Å². The molecule has 0 aromatic rings. The zero-order chi connectivity index (χ0) is 25.3. The third-order valence-electron chi connectivity index (χ3n) is 9.53. The fraction of sp³-hybridized carbons (Fsp3) is 1.00. The van der Waals surface area contributed by atoms with Crippen LogP contribution in [0, 0.1) is 35.0 Å². The van der Waals surface area contributed by atoms with Crippen LogP contribution in [0.5, 0.6) is 0 Å². The van der Waals surface area contributed by atoms with E-state index in [0.717, 1.165) is 37.4 Å². The first kappa shape index (κ1) is 30.9. The second-order valence-corrected chi connectivity index (χ2v) is 12.9. The molecule has 0 aromatic carbocycles. The molecule has 3 nitrogen and oxygen atoms in total. The molecule has 0 bridgehead atoms. The Hall–Kier alpha value is -0.120. The summed E-state index contributed by atoms with van der Waals surface area (Å²) in [4.78, 5) is 0. The van der Waals surface area contributed by atoms with Gasteiger partial charge in [-0.1, -0.05) is 93.4 Å². The molecule has 0 amide bonds. The molecule has 1 aliphatic rings. The predicted octanol–water partition coefficient (Wildman–Crippen LogP) is 8.59. The smallest absolute Gasteiger partial charge is 0.111 e. The minimum atomic E-state index is -0.514. The van der Waals surface area contributed by atoms with E-state index in [1.807, 2.05) is 13.8 Å². The Labute approximate surface area is 208 Å². The van der Waals surface area contributed by atoms with Gasteiger partial charge in [-0.2, -0.15) is 0 Å². The molecular formula is C30H61NO2. The van der Waals surface area contributed by atoms with Crippen molar-refractivity contribution >= 4 is 0 Å². The summed E-state index contributed by atoms with van der Waals surface area (Å²) in [6.45, 7) is 24.7. The van der Waals surface area contributed by atoms with Crippen molar-refractivity contribution in [2.45, 2.75) is 145 Å². The van der Waals surface area contributed by atoms with Crippen molar-refractivity contribution in [2.75, 3.05) is 13.2 Å². The van der Waals surface area contributed by atoms with Crippen molar-refractivity contribution in [3.8, 4) is 0 Å². The number of rotatable bonds is 19. The molecule has 0 spiro atoms. The summed E-state index contributed by atoms with van der Waals surface area (Å²) in [6.07, 6.45) is 12.8. The third kappa shape index (κ3) is 10.2. The standard InChI is InChI=1S/C30H61NO2/c1-11-25(4)26(5)18-17-23(2)15-12-13-21-33-30(10)27(6)29(30,9)20-14-16-24(3)19-22-32-28(7,8)31/h23-27H,11-22,31H2,1-10H3. The summed E-state index contributed by atoms with van der Waals surface area (Å²) in [5.41, 5.74) is 5.80. The number of hydrogen-bond donors (Lipinski definition) is 1. The molecule has 1 rings (SSSR count). The average molecular weight is 468 g/mol. The topological polar surface area (TPSA) is 44.5 Å². The number of unbranched alkanes of at least 4 members (excludes halogenated alkanes) is 1. The van der Waals surface area contributed by atoms with E-state index in [0.29, 0.717) is 17.3 Å². The minimum absolute atomic E-state index is 0.0697. The van der Waals surface area contributed by atoms with Crippen molar-refractivity contribution in [1.29, 1.82) is 0 Å². The monoisotopic (exact) mass is 467 g/mol. The van der Waals surface area contributed by atoms with Crippen molar-refractivity contribution in [3.05, 3.63) is 0 Å². The lowest BCUT2D eigenvalue weighted by Crippen LogP contribution is -2.35. The van der Waals surface area contributed by atoms with E-state index in [-0.39, 0.29) is 5.60 Å². The highest BCUT2D eigenvalue weighted by Gasteiger charge is 2.68. The molecule has 0 aromatic heterocycles. The van der Waals surface area contributed by atoms with Gasteiger partial charge in [-0.3, -0.25) is 0 Å². The molecule has 1 fully saturated rings. The van der Waals surface area contributed by atoms with Gasteiger partial charge in [0.15, 0.2) is 0 Å². The highest BCUT2D eigenvalue weighted by Crippen LogP contribution is 2.66. The molecule has 2 N–H and O–H groups in total. The van der Waals surface area contributed by atoms with Crippen LogP contribution in [0.4, 0.5) is 0 Å². The van der Waals surface area contributed by atoms with Gasteiger partial charge in [-0.25, -0.2) is 0 Å². The normalized spacial score (nSPS) is 29.0. The number of ether oxygens (including phenoxy) is 2. The molecule has 0 radical (unpaired) electrons. The minimum Gasteiger partial charge on any atom is -0.374 e. The average Bonchev–Trinajstić information content (AvgIpc) is 3.15. The highest BCUT2D eigenvalue weighted by atomic mass is 16.5. The second-order valence-electron chi connectivity index (χ2n) is 12.9. The van der Waals surface area contributed by atoms with Crippen LogP contribution in [-0.2, 0) is 9.47 Å². The van der Waals surface area contributed by atoms with Gasteiger partial charge < -0.3 is 15.2 Å². The van der Waals surface area contributed by atoms with Gasteiger partial charge in [-0.15, -0.1) is 0 Å². The van der Waals surface area contributed by atoms with Gasteiger partial charge >= 0.3 is 0 Å². The maximum absolute atomic E-state index is 6.52. The van der Waals surface area contributed by atoms with E-state index < -0.39 is 5.72 Å². The van der Waals surface area contributed by atoms with Gasteiger partial charge in [0.05, 0.1) is 5.60 Å². The summed E-state index contributed by atoms with van der Waals surface area (Å²) in [7, 11) is 0. The van der Waals surface area contributed by atoms with Crippen molar-refractivity contribution in [3.63, 3.8) is 0 Å². The van der Waals surface area contributed by atoms with Crippen LogP contribution < -0.4 is 5.73 Å². The van der Waals surface area contributed by atoms with Crippen LogP contribution in [0.1, 0.15) is 133 Å². The van der Waals surface area contributed by atoms with Gasteiger partial charge in [-0.05, 0) is 69.6 Å². The fourth-order valence-corrected chi connectivity index (χ4v) is 5.60. The van der Waals surface area contributed by atoms with Gasteiger partial charge in [0.2, 0.25) is 0 Å². The lowest BCUT2D eigenvalue weighted by molar-refractivity contribution is -0.0184. The third-order valence-corrected chi connectivity index (χ3v) is 9.53. The van der Waals surface area contributed by atoms with Gasteiger partial charge in [0.1, 0.15) is 5.72 Å². The van der Waals surface area contributed by atoms with E-state index >= 15 is 0 Å². The Morgan fingerprint density at radius 1 is 0.818 bits per heavy atom. The molecule has 1 saturated carbocycles. The maximum Gasteiger partial charge on any atom is 0.111 e. The van der Waals surface area contributed by atoms with Crippen molar-refractivity contribution in [1.82, 2.24) is 0 Å². The second kappa shape index (κ2) is 13.8. The molecule has 198 valence electrons. The summed E-state index contributed by atoms with van der Waals surface area (Å²) in [6, 6.07) is 0. The predicted molar refractivity (Wildman–Crippen MR) is 144 cm³/mol. The Morgan fingerprint density at radius 3 is 2.03 bits per heavy atom. The lowest BCUT2D eigenvalue weighted by atomic mass is 9.86. The van der Waals surface area contributed by atoms with Crippen LogP contribution in [0.15, 0.2) is 0 Å². The first-order valence-electron chi connectivity index (χ1n) is 14.3. The van der Waals surface area contributed by atoms with E-state index in [1.165, 1.54) is 57.8 Å². The Morgan fingerprint density at radius 2 is 1.42 bits per heavy atom. The lowest BCUT2D eigenvalue weighted by Gasteiger charge is -2.22. The van der Waals surface area contributed by atoms with Gasteiger partial charge in [0, 0.05) is 18.6 Å². The maximum atomic E-state index is 6.52. The molecule has 1 aliphatic carbocycles. The number of nitrogens with two attached hydrogens (primary N) is 1. The first-order valence-corrected chi connectivity index (χ1v) is 14.3. The highest BCUT2D eigenvalue weighted by molar-refractivity contribution is 5.18. The van der Waals surface area contributed by atoms with Crippen molar-refractivity contribution in [2.24, 2.45) is 40.7 Å². The summed E-state index contributed by atoms with van der Waals surface area (Å²) in [5.74, 6) is 3.92. The molecule has 7 atom stereocenters. The number of hydrogen-bond acceptors (Lipinski definition) is 3. The van der Waals surface area contributed by atoms with Crippen LogP contribution in [0.3, 0.4) is 0 Å². The Balaban J connectivity index is 2.19. The summed E-state index contributed by atoms with van der Waals surface area (Å²) in [5, 5.41) is 0. The zero-order valence-corrected chi connectivity index (χ0v) is 24.3. The van der Waals surface area contributed by atoms with Crippen LogP contribution in [-0.4, -0.2) is 24.5 Å². The Bertz CT molecular complexity index is 530. The summed E-state index contributed by atoms with van der Waals surface area (Å²) >= 11 is 0. The molecule has 0 heterocycles. The van der Waals surface area contributed by atoms with Crippen LogP contribution in [0.2, 0.25) is 0 Å². The summed E-state index contributed by atoms with van der Waals surface area (Å²) < 4.78 is 12.2. The molecule has 0 saturated heterocycles. The quantitative estimate of drug-likeness (QED) is 0.153. The fourth-order valence-electron chi connectivity index (χ4n) is 5.60. The molecular weight excluding hydrogens is 406 g/mol. The first-order chi connectivity index (χ1) is 15.3. The SMILES string of the molecule is CCC(C)C(C)CCC(C)CCCCOC1(C)C(C)C1(C)CCCC(C)CCOC(C)(C)N. The van der Waals surface area contributed by atoms with Gasteiger partial charge in [0.25, 0.3) is 0 Å². The Kier molecular flexibility index (Phi) is 13.0. The largest absolute Gasteiger partial charge is 0.374 e. The van der Waals surface area contributed by atoms with E-state index in [1.54, 1.807) is 0 Å². The van der Waals surface area contributed by atoms with Crippen LogP contribution in [0.25, 0.3) is 0 Å². The molecule has 7 unspecified atom stereocenters. The zero-order valence-electron chi connectivity index (χ0n) is 24.3. The van der Waals surface area contributed by atoms with Crippen molar-refractivity contribution < 1.29 is 9.47 Å². The van der Waals surface area contributed by atoms with E-state index in [9.17, 15) is 0 Å². The molecule has 0 aliphatic heterocycles. The van der Waals surface area contributed by atoms with E-state index in [4.69, 9.17) is 15.2 Å².